The zero-order valence-electron chi connectivity index (χ0n) is 15.2. The third kappa shape index (κ3) is 3.63. The molecule has 29 heavy (non-hydrogen) atoms. The number of para-hydroxylation sites is 2. The number of rotatable bonds is 5. The quantitative estimate of drug-likeness (QED) is 0.261. The van der Waals surface area contributed by atoms with Crippen LogP contribution in [0.3, 0.4) is 0 Å². The highest BCUT2D eigenvalue weighted by Gasteiger charge is 2.22. The second-order valence-electron chi connectivity index (χ2n) is 6.12. The predicted octanol–water partition coefficient (Wildman–Crippen LogP) is 3.22. The molecule has 2 aromatic heterocycles. The van der Waals surface area contributed by atoms with Crippen LogP contribution in [0.5, 0.6) is 5.75 Å². The summed E-state index contributed by atoms with van der Waals surface area (Å²) in [4.78, 5) is 7.44. The number of aromatic hydroxyl groups is 1. The van der Waals surface area contributed by atoms with E-state index in [-0.39, 0.29) is 17.1 Å². The van der Waals surface area contributed by atoms with E-state index in [0.29, 0.717) is 22.2 Å². The van der Waals surface area contributed by atoms with Crippen molar-refractivity contribution in [2.75, 3.05) is 0 Å². The van der Waals surface area contributed by atoms with Gasteiger partial charge in [0.05, 0.1) is 22.0 Å². The van der Waals surface area contributed by atoms with E-state index in [1.807, 2.05) is 30.3 Å². The Morgan fingerprint density at radius 1 is 1.21 bits per heavy atom. The normalized spacial score (nSPS) is 13.1. The summed E-state index contributed by atoms with van der Waals surface area (Å²) in [6.45, 7) is 1.75. The van der Waals surface area contributed by atoms with Gasteiger partial charge in [0.15, 0.2) is 5.82 Å². The maximum Gasteiger partial charge on any atom is 0.214 e. The topological polar surface area (TPSA) is 137 Å². The maximum atomic E-state index is 10.7. The minimum absolute atomic E-state index is 0.0601. The van der Waals surface area contributed by atoms with E-state index < -0.39 is 5.25 Å². The molecule has 0 radical (unpaired) electrons. The number of nitriles is 1. The third-order valence-corrected chi connectivity index (χ3v) is 5.24. The standard InChI is InChI=1S/C19H15N7O2S/c1-11(29-19-23-24-25-26(19)12-6-8-13(27)9-7-12)17(28)14(10-20)18-21-15-4-2-3-5-16(15)22-18/h2-9,11,27-28H,1H3,(H,21,22)/b17-14-. The number of aromatic amines is 1. The fraction of sp³-hybridized carbons (Fsp3) is 0.105. The number of aromatic nitrogens is 6. The lowest BCUT2D eigenvalue weighted by Crippen LogP contribution is -2.07. The second-order valence-corrected chi connectivity index (χ2v) is 7.43. The molecule has 0 aliphatic carbocycles. The Morgan fingerprint density at radius 2 is 1.97 bits per heavy atom. The van der Waals surface area contributed by atoms with Gasteiger partial charge in [-0.15, -0.1) is 5.10 Å². The first-order valence-electron chi connectivity index (χ1n) is 8.59. The number of nitrogens with one attached hydrogen (secondary N) is 1. The van der Waals surface area contributed by atoms with Crippen LogP contribution in [0.1, 0.15) is 12.7 Å². The van der Waals surface area contributed by atoms with Crippen molar-refractivity contribution in [2.45, 2.75) is 17.3 Å². The number of phenolic OH excluding ortho intramolecular Hbond substituents is 1. The summed E-state index contributed by atoms with van der Waals surface area (Å²) in [5.41, 5.74) is 2.20. The molecule has 0 aliphatic heterocycles. The van der Waals surface area contributed by atoms with E-state index in [0.717, 1.165) is 5.52 Å². The first kappa shape index (κ1) is 18.5. The van der Waals surface area contributed by atoms with Gasteiger partial charge in [-0.1, -0.05) is 23.9 Å². The molecule has 0 amide bonds. The van der Waals surface area contributed by atoms with Crippen LogP contribution in [0.2, 0.25) is 0 Å². The molecule has 144 valence electrons. The predicted molar refractivity (Wildman–Crippen MR) is 107 cm³/mol. The van der Waals surface area contributed by atoms with E-state index >= 15 is 0 Å². The highest BCUT2D eigenvalue weighted by Crippen LogP contribution is 2.30. The van der Waals surface area contributed by atoms with Crippen molar-refractivity contribution in [1.29, 1.82) is 5.26 Å². The zero-order chi connectivity index (χ0) is 20.4. The Hall–Kier alpha value is -3.84. The molecule has 10 heteroatoms. The Morgan fingerprint density at radius 3 is 2.69 bits per heavy atom. The van der Waals surface area contributed by atoms with Gasteiger partial charge in [-0.05, 0) is 53.7 Å². The average Bonchev–Trinajstić information content (AvgIpc) is 3.36. The SMILES string of the molecule is CC(Sc1nnnn1-c1ccc(O)cc1)/C(O)=C(\C#N)c1nc2ccccc2[nH]1. The number of H-pyrrole nitrogens is 1. The minimum Gasteiger partial charge on any atom is -0.510 e. The molecule has 4 rings (SSSR count). The lowest BCUT2D eigenvalue weighted by molar-refractivity contribution is 0.401. The summed E-state index contributed by atoms with van der Waals surface area (Å²) in [7, 11) is 0. The van der Waals surface area contributed by atoms with Gasteiger partial charge in [0.25, 0.3) is 0 Å². The van der Waals surface area contributed by atoms with Crippen molar-refractivity contribution in [1.82, 2.24) is 30.2 Å². The third-order valence-electron chi connectivity index (χ3n) is 4.20. The first-order chi connectivity index (χ1) is 14.1. The van der Waals surface area contributed by atoms with Crippen LogP contribution in [-0.2, 0) is 0 Å². The van der Waals surface area contributed by atoms with Crippen molar-refractivity contribution in [3.8, 4) is 17.5 Å². The number of phenols is 1. The van der Waals surface area contributed by atoms with E-state index in [1.54, 1.807) is 19.1 Å². The van der Waals surface area contributed by atoms with Crippen molar-refractivity contribution < 1.29 is 10.2 Å². The van der Waals surface area contributed by atoms with Crippen LogP contribution < -0.4 is 0 Å². The van der Waals surface area contributed by atoms with Gasteiger partial charge < -0.3 is 15.2 Å². The summed E-state index contributed by atoms with van der Waals surface area (Å²) in [6, 6.07) is 15.8. The summed E-state index contributed by atoms with van der Waals surface area (Å²) < 4.78 is 1.49. The average molecular weight is 405 g/mol. The Bertz CT molecular complexity index is 1200. The lowest BCUT2D eigenvalue weighted by atomic mass is 10.2. The number of imidazole rings is 1. The number of aliphatic hydroxyl groups is 1. The van der Waals surface area contributed by atoms with Gasteiger partial charge in [-0.3, -0.25) is 0 Å². The van der Waals surface area contributed by atoms with Crippen molar-refractivity contribution in [3.05, 3.63) is 60.1 Å². The molecule has 3 N–H and O–H groups in total. The van der Waals surface area contributed by atoms with Gasteiger partial charge in [0.2, 0.25) is 5.16 Å². The van der Waals surface area contributed by atoms with Crippen LogP contribution in [0.25, 0.3) is 22.3 Å². The van der Waals surface area contributed by atoms with Crippen molar-refractivity contribution >= 4 is 28.4 Å². The molecule has 1 atom stereocenters. The molecule has 1 unspecified atom stereocenters. The Labute approximate surface area is 169 Å². The smallest absolute Gasteiger partial charge is 0.214 e. The van der Waals surface area contributed by atoms with E-state index in [1.165, 1.54) is 28.6 Å². The van der Waals surface area contributed by atoms with Gasteiger partial charge >= 0.3 is 0 Å². The largest absolute Gasteiger partial charge is 0.510 e. The first-order valence-corrected chi connectivity index (χ1v) is 9.47. The van der Waals surface area contributed by atoms with Gasteiger partial charge in [-0.25, -0.2) is 4.98 Å². The molecule has 4 aromatic rings. The van der Waals surface area contributed by atoms with Crippen LogP contribution in [0.15, 0.2) is 59.4 Å². The molecular weight excluding hydrogens is 390 g/mol. The second kappa shape index (κ2) is 7.65. The van der Waals surface area contributed by atoms with E-state index in [2.05, 4.69) is 25.5 Å². The molecule has 2 heterocycles. The molecule has 0 spiro atoms. The summed E-state index contributed by atoms with van der Waals surface area (Å²) in [6.07, 6.45) is 0. The molecule has 2 aromatic carbocycles. The van der Waals surface area contributed by atoms with Crippen molar-refractivity contribution in [3.63, 3.8) is 0 Å². The Kier molecular flexibility index (Phi) is 4.88. The number of aliphatic hydroxyl groups excluding tert-OH is 1. The van der Waals surface area contributed by atoms with Crippen LogP contribution in [0, 0.1) is 11.3 Å². The van der Waals surface area contributed by atoms with Gasteiger partial charge in [0.1, 0.15) is 23.2 Å². The lowest BCUT2D eigenvalue weighted by Gasteiger charge is -2.11. The fourth-order valence-corrected chi connectivity index (χ4v) is 3.60. The number of fused-ring (bicyclic) bond motifs is 1. The Balaban J connectivity index is 1.64. The molecule has 9 nitrogen and oxygen atoms in total. The number of thioether (sulfide) groups is 1. The van der Waals surface area contributed by atoms with Crippen LogP contribution >= 0.6 is 11.8 Å². The number of tetrazole rings is 1. The van der Waals surface area contributed by atoms with Gasteiger partial charge in [0, 0.05) is 0 Å². The molecule has 0 saturated heterocycles. The zero-order valence-corrected chi connectivity index (χ0v) is 16.0. The molecule has 0 aliphatic rings. The summed E-state index contributed by atoms with van der Waals surface area (Å²) in [5.74, 6) is 0.308. The highest BCUT2D eigenvalue weighted by molar-refractivity contribution is 7.99. The van der Waals surface area contributed by atoms with E-state index in [9.17, 15) is 15.5 Å². The number of allylic oxidation sites excluding steroid dienone is 1. The maximum absolute atomic E-state index is 10.7. The molecule has 0 saturated carbocycles. The fourth-order valence-electron chi connectivity index (χ4n) is 2.73. The van der Waals surface area contributed by atoms with Crippen molar-refractivity contribution in [2.24, 2.45) is 0 Å². The number of benzene rings is 2. The number of hydrogen-bond acceptors (Lipinski definition) is 8. The van der Waals surface area contributed by atoms with Crippen LogP contribution in [0.4, 0.5) is 0 Å². The number of nitrogens with zero attached hydrogens (tertiary/aromatic N) is 6. The summed E-state index contributed by atoms with van der Waals surface area (Å²) in [5, 5.41) is 41.3. The van der Waals surface area contributed by atoms with E-state index in [4.69, 9.17) is 0 Å². The molecule has 0 bridgehead atoms. The van der Waals surface area contributed by atoms with Crippen LogP contribution in [-0.4, -0.2) is 45.6 Å². The highest BCUT2D eigenvalue weighted by atomic mass is 32.2. The molecular formula is C19H15N7O2S. The monoisotopic (exact) mass is 405 g/mol. The van der Waals surface area contributed by atoms with Gasteiger partial charge in [-0.2, -0.15) is 9.94 Å². The number of hydrogen-bond donors (Lipinski definition) is 3. The minimum atomic E-state index is -0.514. The summed E-state index contributed by atoms with van der Waals surface area (Å²) >= 11 is 1.19. The molecule has 0 fully saturated rings.